The van der Waals surface area contributed by atoms with E-state index in [2.05, 4.69) is 31.6 Å². The molecule has 0 radical (unpaired) electrons. The Bertz CT molecular complexity index is 846. The van der Waals surface area contributed by atoms with Gasteiger partial charge in [-0.3, -0.25) is 33.8 Å². The molecule has 4 amide bonds. The Labute approximate surface area is 208 Å². The molecule has 0 fully saturated rings. The van der Waals surface area contributed by atoms with Crippen molar-refractivity contribution >= 4 is 41.5 Å². The summed E-state index contributed by atoms with van der Waals surface area (Å²) in [4.78, 5) is 75.8. The number of likely N-dealkylation sites (N-methyl/N-ethyl adjacent to an activating group) is 1. The Morgan fingerprint density at radius 3 is 1.75 bits per heavy atom. The van der Waals surface area contributed by atoms with Crippen LogP contribution in [0.1, 0.15) is 40.0 Å². The predicted molar refractivity (Wildman–Crippen MR) is 127 cm³/mol. The molecule has 5 atom stereocenters. The summed E-state index contributed by atoms with van der Waals surface area (Å²) < 4.78 is 0. The molecule has 0 saturated carbocycles. The maximum absolute atomic E-state index is 12.8. The fourth-order valence-electron chi connectivity index (χ4n) is 2.64. The number of aliphatic imine (C=N–C) groups is 1. The van der Waals surface area contributed by atoms with E-state index in [1.807, 2.05) is 0 Å². The van der Waals surface area contributed by atoms with Gasteiger partial charge in [-0.05, 0) is 40.7 Å². The van der Waals surface area contributed by atoms with Gasteiger partial charge in [-0.1, -0.05) is 0 Å². The molecular weight excluding hydrogens is 480 g/mol. The number of hydrogen-bond acceptors (Lipinski definition) is 8. The second kappa shape index (κ2) is 15.9. The Kier molecular flexibility index (Phi) is 14.1. The van der Waals surface area contributed by atoms with E-state index in [9.17, 15) is 28.8 Å². The van der Waals surface area contributed by atoms with E-state index < -0.39 is 72.2 Å². The van der Waals surface area contributed by atoms with Crippen LogP contribution in [-0.4, -0.2) is 95.5 Å². The van der Waals surface area contributed by atoms with Crippen LogP contribution in [0.3, 0.4) is 0 Å². The first-order valence-corrected chi connectivity index (χ1v) is 11.1. The van der Waals surface area contributed by atoms with Crippen LogP contribution in [0.4, 0.5) is 0 Å². The van der Waals surface area contributed by atoms with Crippen molar-refractivity contribution in [2.45, 2.75) is 70.2 Å². The summed E-state index contributed by atoms with van der Waals surface area (Å²) in [5.74, 6) is -6.01. The summed E-state index contributed by atoms with van der Waals surface area (Å²) in [6.45, 7) is 4.23. The number of amides is 4. The van der Waals surface area contributed by atoms with E-state index in [-0.39, 0.29) is 18.9 Å². The van der Waals surface area contributed by atoms with Crippen LogP contribution in [0.15, 0.2) is 4.99 Å². The van der Waals surface area contributed by atoms with Gasteiger partial charge in [0.25, 0.3) is 0 Å². The van der Waals surface area contributed by atoms with Gasteiger partial charge in [-0.2, -0.15) is 0 Å². The van der Waals surface area contributed by atoms with Crippen molar-refractivity contribution in [3.8, 4) is 0 Å². The lowest BCUT2D eigenvalue weighted by molar-refractivity contribution is -0.143. The molecular formula is C20H36N8O8. The van der Waals surface area contributed by atoms with Crippen LogP contribution in [-0.2, 0) is 28.8 Å². The third-order valence-corrected chi connectivity index (χ3v) is 4.90. The minimum Gasteiger partial charge on any atom is -0.481 e. The first kappa shape index (κ1) is 32.0. The Balaban J connectivity index is 5.34. The molecule has 0 saturated heterocycles. The highest BCUT2D eigenvalue weighted by molar-refractivity contribution is 5.96. The number of carbonyl (C=O) groups excluding carboxylic acids is 4. The molecule has 16 nitrogen and oxygen atoms in total. The topological polar surface area (TPSA) is 267 Å². The van der Waals surface area contributed by atoms with Crippen LogP contribution < -0.4 is 38.1 Å². The number of nitrogens with two attached hydrogens (primary N) is 2. The van der Waals surface area contributed by atoms with Gasteiger partial charge in [-0.15, -0.1) is 0 Å². The summed E-state index contributed by atoms with van der Waals surface area (Å²) in [6, 6.07) is -5.82. The van der Waals surface area contributed by atoms with E-state index in [1.165, 1.54) is 13.8 Å². The molecule has 5 unspecified atom stereocenters. The summed E-state index contributed by atoms with van der Waals surface area (Å²) in [6.07, 6.45) is -0.362. The van der Waals surface area contributed by atoms with E-state index >= 15 is 0 Å². The third kappa shape index (κ3) is 12.5. The molecule has 0 rings (SSSR count). The molecule has 36 heavy (non-hydrogen) atoms. The molecule has 16 heteroatoms. The largest absolute Gasteiger partial charge is 0.481 e. The van der Waals surface area contributed by atoms with E-state index in [1.54, 1.807) is 14.0 Å². The SMILES string of the molecule is CNC(C)C(=O)NC(CCCN=C(N)N)C(=O)NC(C)C(=O)NC(CC(=O)O)C(=O)NC(C)C(=O)O. The molecule has 0 aromatic carbocycles. The lowest BCUT2D eigenvalue weighted by atomic mass is 10.1. The Hall–Kier alpha value is -3.95. The molecule has 0 aromatic rings. The van der Waals surface area contributed by atoms with Crippen molar-refractivity contribution < 1.29 is 39.0 Å². The van der Waals surface area contributed by atoms with Gasteiger partial charge < -0.3 is 48.3 Å². The van der Waals surface area contributed by atoms with Gasteiger partial charge in [0, 0.05) is 6.54 Å². The molecule has 0 aliphatic carbocycles. The van der Waals surface area contributed by atoms with Crippen molar-refractivity contribution in [2.24, 2.45) is 16.5 Å². The fourth-order valence-corrected chi connectivity index (χ4v) is 2.64. The second-order valence-electron chi connectivity index (χ2n) is 7.98. The van der Waals surface area contributed by atoms with Gasteiger partial charge in [0.2, 0.25) is 23.6 Å². The summed E-state index contributed by atoms with van der Waals surface area (Å²) in [5, 5.41) is 29.9. The highest BCUT2D eigenvalue weighted by Gasteiger charge is 2.30. The summed E-state index contributed by atoms with van der Waals surface area (Å²) in [7, 11) is 1.56. The van der Waals surface area contributed by atoms with Crippen LogP contribution in [0.5, 0.6) is 0 Å². The molecule has 0 bridgehead atoms. The number of guanidine groups is 1. The molecule has 204 valence electrons. The van der Waals surface area contributed by atoms with Crippen molar-refractivity contribution in [2.75, 3.05) is 13.6 Å². The lowest BCUT2D eigenvalue weighted by Crippen LogP contribution is -2.57. The number of carboxylic acid groups (broad SMARTS) is 2. The minimum absolute atomic E-state index is 0.133. The van der Waals surface area contributed by atoms with Crippen LogP contribution in [0.2, 0.25) is 0 Å². The monoisotopic (exact) mass is 516 g/mol. The normalized spacial score (nSPS) is 14.7. The van der Waals surface area contributed by atoms with Crippen LogP contribution >= 0.6 is 0 Å². The quantitative estimate of drug-likeness (QED) is 0.0545. The second-order valence-corrected chi connectivity index (χ2v) is 7.98. The van der Waals surface area contributed by atoms with E-state index in [0.29, 0.717) is 6.42 Å². The Morgan fingerprint density at radius 2 is 1.25 bits per heavy atom. The number of aliphatic carboxylic acids is 2. The number of nitrogens with zero attached hydrogens (tertiary/aromatic N) is 1. The third-order valence-electron chi connectivity index (χ3n) is 4.90. The van der Waals surface area contributed by atoms with Crippen LogP contribution in [0, 0.1) is 0 Å². The smallest absolute Gasteiger partial charge is 0.325 e. The molecule has 0 spiro atoms. The number of rotatable bonds is 16. The van der Waals surface area contributed by atoms with Crippen molar-refractivity contribution in [3.63, 3.8) is 0 Å². The van der Waals surface area contributed by atoms with Gasteiger partial charge in [0.1, 0.15) is 24.2 Å². The van der Waals surface area contributed by atoms with Gasteiger partial charge in [0.15, 0.2) is 5.96 Å². The minimum atomic E-state index is -1.59. The van der Waals surface area contributed by atoms with Crippen molar-refractivity contribution in [3.05, 3.63) is 0 Å². The molecule has 0 aliphatic rings. The zero-order valence-corrected chi connectivity index (χ0v) is 20.7. The first-order chi connectivity index (χ1) is 16.7. The summed E-state index contributed by atoms with van der Waals surface area (Å²) in [5.41, 5.74) is 10.5. The molecule has 0 aromatic heterocycles. The van der Waals surface area contributed by atoms with Crippen molar-refractivity contribution in [1.82, 2.24) is 26.6 Å². The lowest BCUT2D eigenvalue weighted by Gasteiger charge is -2.24. The number of hydrogen-bond donors (Lipinski definition) is 9. The first-order valence-electron chi connectivity index (χ1n) is 11.1. The van der Waals surface area contributed by atoms with E-state index in [4.69, 9.17) is 21.7 Å². The number of carbonyl (C=O) groups is 6. The predicted octanol–water partition coefficient (Wildman–Crippen LogP) is -3.81. The van der Waals surface area contributed by atoms with E-state index in [0.717, 1.165) is 0 Å². The molecule has 11 N–H and O–H groups in total. The highest BCUT2D eigenvalue weighted by atomic mass is 16.4. The van der Waals surface area contributed by atoms with Crippen molar-refractivity contribution in [1.29, 1.82) is 0 Å². The van der Waals surface area contributed by atoms with Gasteiger partial charge >= 0.3 is 11.9 Å². The number of carboxylic acids is 2. The zero-order chi connectivity index (χ0) is 28.0. The molecule has 0 aliphatic heterocycles. The standard InChI is InChI=1S/C20H36N8O8/c1-9(23-4)15(31)27-12(6-5-7-24-20(21)22)17(33)25-10(2)16(32)28-13(8-14(29)30)18(34)26-11(3)19(35)36/h9-13,23H,5-8H2,1-4H3,(H,25,33)(H,26,34)(H,27,31)(H,28,32)(H,29,30)(H,35,36)(H4,21,22,24). The van der Waals surface area contributed by atoms with Crippen LogP contribution in [0.25, 0.3) is 0 Å². The zero-order valence-electron chi connectivity index (χ0n) is 20.7. The fraction of sp³-hybridized carbons (Fsp3) is 0.650. The summed E-state index contributed by atoms with van der Waals surface area (Å²) >= 11 is 0. The number of nitrogens with one attached hydrogen (secondary N) is 5. The van der Waals surface area contributed by atoms with Gasteiger partial charge in [-0.25, -0.2) is 0 Å². The highest BCUT2D eigenvalue weighted by Crippen LogP contribution is 2.02. The molecule has 0 heterocycles. The van der Waals surface area contributed by atoms with Gasteiger partial charge in [0.05, 0.1) is 12.5 Å². The maximum atomic E-state index is 12.8. The Morgan fingerprint density at radius 1 is 0.750 bits per heavy atom. The average molecular weight is 517 g/mol. The average Bonchev–Trinajstić information content (AvgIpc) is 2.78. The maximum Gasteiger partial charge on any atom is 0.325 e.